The van der Waals surface area contributed by atoms with Crippen LogP contribution in [0.2, 0.25) is 5.02 Å². The molecule has 8 heteroatoms. The topological polar surface area (TPSA) is 71.8 Å². The first-order valence-electron chi connectivity index (χ1n) is 11.5. The van der Waals surface area contributed by atoms with Gasteiger partial charge < -0.3 is 14.8 Å². The number of benzene rings is 1. The van der Waals surface area contributed by atoms with Gasteiger partial charge in [0.25, 0.3) is 0 Å². The Morgan fingerprint density at radius 2 is 1.94 bits per heavy atom. The number of aromatic nitrogens is 5. The Balaban J connectivity index is 1.44. The first-order valence-corrected chi connectivity index (χ1v) is 11.9. The predicted molar refractivity (Wildman–Crippen MR) is 126 cm³/mol. The van der Waals surface area contributed by atoms with Crippen LogP contribution >= 0.6 is 11.6 Å². The molecule has 2 aromatic heterocycles. The van der Waals surface area contributed by atoms with E-state index in [4.69, 9.17) is 11.6 Å². The van der Waals surface area contributed by atoms with Crippen LogP contribution in [0.25, 0.3) is 0 Å². The third-order valence-corrected chi connectivity index (χ3v) is 6.90. The summed E-state index contributed by atoms with van der Waals surface area (Å²) in [5.41, 5.74) is 3.72. The van der Waals surface area contributed by atoms with Crippen molar-refractivity contribution in [3.05, 3.63) is 64.1 Å². The lowest BCUT2D eigenvalue weighted by Gasteiger charge is -2.31. The van der Waals surface area contributed by atoms with Crippen LogP contribution in [0.4, 0.5) is 5.82 Å². The third-order valence-electron chi connectivity index (χ3n) is 6.65. The maximum absolute atomic E-state index is 6.14. The van der Waals surface area contributed by atoms with E-state index in [0.717, 1.165) is 55.0 Å². The molecule has 0 saturated carbocycles. The molecule has 1 unspecified atom stereocenters. The van der Waals surface area contributed by atoms with Gasteiger partial charge in [0.05, 0.1) is 12.5 Å². The SMILES string of the molecule is CC(C)NCC(c1ccc(Cl)cc1)c1nnc2n1CCN(c1ncnc3c1[C@H](C)CC3)C2. The van der Waals surface area contributed by atoms with Gasteiger partial charge in [0.15, 0.2) is 5.82 Å². The lowest BCUT2D eigenvalue weighted by atomic mass is 9.97. The highest BCUT2D eigenvalue weighted by Gasteiger charge is 2.31. The van der Waals surface area contributed by atoms with Gasteiger partial charge in [-0.05, 0) is 36.5 Å². The molecule has 0 spiro atoms. The number of nitrogens with zero attached hydrogens (tertiary/aromatic N) is 6. The Kier molecular flexibility index (Phi) is 5.86. The molecule has 5 rings (SSSR count). The average molecular weight is 452 g/mol. The van der Waals surface area contributed by atoms with Crippen LogP contribution in [0, 0.1) is 0 Å². The number of hydrogen-bond acceptors (Lipinski definition) is 6. The van der Waals surface area contributed by atoms with E-state index in [9.17, 15) is 0 Å². The van der Waals surface area contributed by atoms with Gasteiger partial charge in [-0.15, -0.1) is 10.2 Å². The minimum atomic E-state index is 0.116. The molecule has 0 radical (unpaired) electrons. The van der Waals surface area contributed by atoms with E-state index in [1.54, 1.807) is 6.33 Å². The van der Waals surface area contributed by atoms with E-state index in [0.29, 0.717) is 18.5 Å². The van der Waals surface area contributed by atoms with Gasteiger partial charge in [0.1, 0.15) is 18.0 Å². The molecular weight excluding hydrogens is 422 g/mol. The van der Waals surface area contributed by atoms with E-state index in [2.05, 4.69) is 67.9 Å². The lowest BCUT2D eigenvalue weighted by molar-refractivity contribution is 0.501. The number of halogens is 1. The van der Waals surface area contributed by atoms with Crippen molar-refractivity contribution in [2.45, 2.75) is 64.6 Å². The van der Waals surface area contributed by atoms with E-state index < -0.39 is 0 Å². The first kappa shape index (κ1) is 21.3. The molecule has 0 amide bonds. The number of rotatable bonds is 6. The van der Waals surface area contributed by atoms with Crippen molar-refractivity contribution in [2.24, 2.45) is 0 Å². The molecule has 0 saturated heterocycles. The highest BCUT2D eigenvalue weighted by molar-refractivity contribution is 6.30. The molecule has 2 aliphatic rings. The van der Waals surface area contributed by atoms with Crippen molar-refractivity contribution in [1.82, 2.24) is 30.0 Å². The zero-order chi connectivity index (χ0) is 22.2. The Bertz CT molecular complexity index is 1090. The van der Waals surface area contributed by atoms with Crippen molar-refractivity contribution in [3.63, 3.8) is 0 Å². The number of fused-ring (bicyclic) bond motifs is 2. The molecule has 7 nitrogen and oxygen atoms in total. The smallest absolute Gasteiger partial charge is 0.152 e. The van der Waals surface area contributed by atoms with Gasteiger partial charge >= 0.3 is 0 Å². The van der Waals surface area contributed by atoms with Crippen LogP contribution in [-0.4, -0.2) is 43.9 Å². The number of aryl methyl sites for hydroxylation is 1. The summed E-state index contributed by atoms with van der Waals surface area (Å²) in [6, 6.07) is 8.48. The van der Waals surface area contributed by atoms with Crippen LogP contribution in [-0.2, 0) is 19.5 Å². The number of anilines is 1. The maximum atomic E-state index is 6.14. The van der Waals surface area contributed by atoms with Gasteiger partial charge in [0.2, 0.25) is 0 Å². The molecule has 3 heterocycles. The summed E-state index contributed by atoms with van der Waals surface area (Å²) in [4.78, 5) is 11.5. The van der Waals surface area contributed by atoms with Crippen LogP contribution < -0.4 is 10.2 Å². The minimum absolute atomic E-state index is 0.116. The summed E-state index contributed by atoms with van der Waals surface area (Å²) in [7, 11) is 0. The van der Waals surface area contributed by atoms with Gasteiger partial charge in [-0.25, -0.2) is 9.97 Å². The van der Waals surface area contributed by atoms with E-state index in [1.807, 2.05) is 12.1 Å². The molecule has 0 fully saturated rings. The summed E-state index contributed by atoms with van der Waals surface area (Å²) in [5, 5.41) is 13.6. The van der Waals surface area contributed by atoms with E-state index >= 15 is 0 Å². The van der Waals surface area contributed by atoms with Crippen molar-refractivity contribution in [1.29, 1.82) is 0 Å². The summed E-state index contributed by atoms with van der Waals surface area (Å²) in [6.07, 6.45) is 3.91. The van der Waals surface area contributed by atoms with Crippen LogP contribution in [0.1, 0.15) is 67.5 Å². The highest BCUT2D eigenvalue weighted by Crippen LogP contribution is 2.38. The zero-order valence-electron chi connectivity index (χ0n) is 18.9. The van der Waals surface area contributed by atoms with Crippen molar-refractivity contribution >= 4 is 17.4 Å². The largest absolute Gasteiger partial charge is 0.347 e. The van der Waals surface area contributed by atoms with Gasteiger partial charge in [-0.1, -0.05) is 44.5 Å². The van der Waals surface area contributed by atoms with Crippen LogP contribution in [0.5, 0.6) is 0 Å². The fourth-order valence-corrected chi connectivity index (χ4v) is 5.03. The molecular formula is C24H30ClN7. The van der Waals surface area contributed by atoms with Crippen molar-refractivity contribution in [3.8, 4) is 0 Å². The molecule has 1 aliphatic carbocycles. The zero-order valence-corrected chi connectivity index (χ0v) is 19.7. The first-order chi connectivity index (χ1) is 15.5. The molecule has 168 valence electrons. The summed E-state index contributed by atoms with van der Waals surface area (Å²) >= 11 is 6.14. The molecule has 1 aliphatic heterocycles. The fraction of sp³-hybridized carbons (Fsp3) is 0.500. The predicted octanol–water partition coefficient (Wildman–Crippen LogP) is 3.92. The van der Waals surface area contributed by atoms with Crippen LogP contribution in [0.3, 0.4) is 0 Å². The number of nitrogens with one attached hydrogen (secondary N) is 1. The lowest BCUT2D eigenvalue weighted by Crippen LogP contribution is -2.37. The molecule has 0 bridgehead atoms. The third kappa shape index (κ3) is 3.99. The Morgan fingerprint density at radius 1 is 1.12 bits per heavy atom. The monoisotopic (exact) mass is 451 g/mol. The van der Waals surface area contributed by atoms with E-state index in [1.165, 1.54) is 16.8 Å². The molecule has 1 N–H and O–H groups in total. The Morgan fingerprint density at radius 3 is 2.72 bits per heavy atom. The van der Waals surface area contributed by atoms with Crippen molar-refractivity contribution < 1.29 is 0 Å². The molecule has 32 heavy (non-hydrogen) atoms. The second-order valence-electron chi connectivity index (χ2n) is 9.21. The highest BCUT2D eigenvalue weighted by atomic mass is 35.5. The Labute approximate surface area is 194 Å². The maximum Gasteiger partial charge on any atom is 0.152 e. The summed E-state index contributed by atoms with van der Waals surface area (Å²) in [6.45, 7) is 9.86. The quantitative estimate of drug-likeness (QED) is 0.612. The molecule has 3 aromatic rings. The average Bonchev–Trinajstić information content (AvgIpc) is 3.38. The second-order valence-corrected chi connectivity index (χ2v) is 9.65. The summed E-state index contributed by atoms with van der Waals surface area (Å²) < 4.78 is 2.29. The standard InChI is InChI=1S/C24H30ClN7/c1-15(2)26-12-19(17-5-7-18(25)8-6-17)23-30-29-21-13-31(10-11-32(21)23)24-22-16(3)4-9-20(22)27-14-28-24/h5-8,14-16,19,26H,4,9-13H2,1-3H3/t16-,19?/m1/s1. The second kappa shape index (κ2) is 8.79. The van der Waals surface area contributed by atoms with Crippen molar-refractivity contribution in [2.75, 3.05) is 18.0 Å². The minimum Gasteiger partial charge on any atom is -0.347 e. The fourth-order valence-electron chi connectivity index (χ4n) is 4.90. The number of hydrogen-bond donors (Lipinski definition) is 1. The van der Waals surface area contributed by atoms with Gasteiger partial charge in [-0.3, -0.25) is 0 Å². The summed E-state index contributed by atoms with van der Waals surface area (Å²) in [5.74, 6) is 3.70. The normalized spacial score (nSPS) is 18.7. The van der Waals surface area contributed by atoms with Crippen LogP contribution in [0.15, 0.2) is 30.6 Å². The van der Waals surface area contributed by atoms with Gasteiger partial charge in [0, 0.05) is 42.0 Å². The molecule has 1 aromatic carbocycles. The Hall–Kier alpha value is -2.51. The molecule has 2 atom stereocenters. The van der Waals surface area contributed by atoms with Gasteiger partial charge in [-0.2, -0.15) is 0 Å². The van der Waals surface area contributed by atoms with E-state index in [-0.39, 0.29) is 5.92 Å².